The number of H-pyrrole nitrogens is 1. The van der Waals surface area contributed by atoms with Gasteiger partial charge in [0.2, 0.25) is 0 Å². The molecule has 0 unspecified atom stereocenters. The van der Waals surface area contributed by atoms with Crippen LogP contribution in [-0.2, 0) is 6.42 Å². The van der Waals surface area contributed by atoms with Gasteiger partial charge in [-0.05, 0) is 43.2 Å². The maximum absolute atomic E-state index is 4.39. The largest absolute Gasteiger partial charge is 0.371 e. The molecule has 1 saturated heterocycles. The van der Waals surface area contributed by atoms with Gasteiger partial charge in [-0.15, -0.1) is 0 Å². The third kappa shape index (κ3) is 4.11. The van der Waals surface area contributed by atoms with E-state index >= 15 is 0 Å². The zero-order valence-electron chi connectivity index (χ0n) is 14.9. The number of nitrogens with one attached hydrogen (secondary N) is 2. The molecular weight excluding hydrogens is 322 g/mol. The number of benzene rings is 1. The van der Waals surface area contributed by atoms with E-state index in [9.17, 15) is 0 Å². The highest BCUT2D eigenvalue weighted by atomic mass is 15.1. The second-order valence-corrected chi connectivity index (χ2v) is 6.81. The van der Waals surface area contributed by atoms with Crippen LogP contribution in [0.3, 0.4) is 0 Å². The van der Waals surface area contributed by atoms with Crippen molar-refractivity contribution >= 4 is 5.69 Å². The van der Waals surface area contributed by atoms with Gasteiger partial charge in [0.05, 0.1) is 5.69 Å². The first kappa shape index (κ1) is 16.8. The van der Waals surface area contributed by atoms with E-state index in [2.05, 4.69) is 61.8 Å². The van der Waals surface area contributed by atoms with Crippen LogP contribution < -0.4 is 10.2 Å². The van der Waals surface area contributed by atoms with Gasteiger partial charge in [0, 0.05) is 61.4 Å². The van der Waals surface area contributed by atoms with Gasteiger partial charge < -0.3 is 10.2 Å². The Morgan fingerprint density at radius 1 is 1.04 bits per heavy atom. The monoisotopic (exact) mass is 347 g/mol. The molecule has 0 aliphatic carbocycles. The molecule has 1 aliphatic heterocycles. The third-order valence-corrected chi connectivity index (χ3v) is 5.06. The van der Waals surface area contributed by atoms with E-state index in [1.165, 1.54) is 24.1 Å². The van der Waals surface area contributed by atoms with Gasteiger partial charge in [0.1, 0.15) is 0 Å². The summed E-state index contributed by atoms with van der Waals surface area (Å²) in [7, 11) is 0. The molecule has 5 heteroatoms. The van der Waals surface area contributed by atoms with Crippen LogP contribution in [-0.4, -0.2) is 40.9 Å². The zero-order chi connectivity index (χ0) is 17.6. The Morgan fingerprint density at radius 3 is 2.73 bits per heavy atom. The van der Waals surface area contributed by atoms with Crippen molar-refractivity contribution in [1.82, 2.24) is 20.5 Å². The van der Waals surface area contributed by atoms with E-state index in [0.29, 0.717) is 6.04 Å². The number of hydrogen-bond donors (Lipinski definition) is 2. The Kier molecular flexibility index (Phi) is 5.26. The molecule has 3 aromatic rings. The highest BCUT2D eigenvalue weighted by molar-refractivity contribution is 5.65. The lowest BCUT2D eigenvalue weighted by Crippen LogP contribution is -2.43. The topological polar surface area (TPSA) is 56.8 Å². The minimum absolute atomic E-state index is 0.603. The second-order valence-electron chi connectivity index (χ2n) is 6.81. The number of anilines is 1. The van der Waals surface area contributed by atoms with Crippen LogP contribution in [0.2, 0.25) is 0 Å². The number of hydrogen-bond acceptors (Lipinski definition) is 4. The van der Waals surface area contributed by atoms with Crippen LogP contribution >= 0.6 is 0 Å². The Labute approximate surface area is 154 Å². The van der Waals surface area contributed by atoms with Gasteiger partial charge in [-0.2, -0.15) is 5.10 Å². The molecule has 26 heavy (non-hydrogen) atoms. The number of aromatic nitrogens is 3. The van der Waals surface area contributed by atoms with Gasteiger partial charge in [0.25, 0.3) is 0 Å². The minimum atomic E-state index is 0.603. The van der Waals surface area contributed by atoms with E-state index in [1.807, 2.05) is 18.3 Å². The summed E-state index contributed by atoms with van der Waals surface area (Å²) in [6.45, 7) is 3.18. The Bertz CT molecular complexity index is 792. The number of aromatic amines is 1. The van der Waals surface area contributed by atoms with Crippen molar-refractivity contribution in [2.24, 2.45) is 0 Å². The fourth-order valence-corrected chi connectivity index (χ4v) is 3.58. The van der Waals surface area contributed by atoms with Gasteiger partial charge in [-0.1, -0.05) is 18.2 Å². The molecule has 2 N–H and O–H groups in total. The smallest absolute Gasteiger partial charge is 0.0650 e. The quantitative estimate of drug-likeness (QED) is 0.718. The van der Waals surface area contributed by atoms with Crippen LogP contribution in [0, 0.1) is 0 Å². The van der Waals surface area contributed by atoms with Crippen molar-refractivity contribution in [3.63, 3.8) is 0 Å². The summed E-state index contributed by atoms with van der Waals surface area (Å²) in [5.41, 5.74) is 4.71. The maximum Gasteiger partial charge on any atom is 0.0650 e. The SMILES string of the molecule is c1ccc(CCNC2CCN(c3cccc(-c4ccn[nH]4)c3)CC2)nc1. The fraction of sp³-hybridized carbons (Fsp3) is 0.333. The molecule has 0 spiro atoms. The highest BCUT2D eigenvalue weighted by Crippen LogP contribution is 2.25. The summed E-state index contributed by atoms with van der Waals surface area (Å²) in [4.78, 5) is 6.87. The van der Waals surface area contributed by atoms with Crippen LogP contribution in [0.4, 0.5) is 5.69 Å². The average molecular weight is 347 g/mol. The summed E-state index contributed by atoms with van der Waals surface area (Å²) in [6.07, 6.45) is 7.01. The maximum atomic E-state index is 4.39. The number of pyridine rings is 1. The van der Waals surface area contributed by atoms with Gasteiger partial charge in [-0.3, -0.25) is 10.1 Å². The van der Waals surface area contributed by atoms with Gasteiger partial charge >= 0.3 is 0 Å². The van der Waals surface area contributed by atoms with E-state index < -0.39 is 0 Å². The first-order valence-electron chi connectivity index (χ1n) is 9.36. The minimum Gasteiger partial charge on any atom is -0.371 e. The Morgan fingerprint density at radius 2 is 1.96 bits per heavy atom. The summed E-state index contributed by atoms with van der Waals surface area (Å²) in [6, 6.07) is 17.4. The lowest BCUT2D eigenvalue weighted by molar-refractivity contribution is 0.417. The van der Waals surface area contributed by atoms with Crippen LogP contribution in [0.5, 0.6) is 0 Å². The average Bonchev–Trinajstić information content (AvgIpc) is 3.24. The molecule has 0 atom stereocenters. The van der Waals surface area contributed by atoms with Crippen molar-refractivity contribution in [2.45, 2.75) is 25.3 Å². The van der Waals surface area contributed by atoms with E-state index in [-0.39, 0.29) is 0 Å². The molecule has 1 aromatic carbocycles. The fourth-order valence-electron chi connectivity index (χ4n) is 3.58. The predicted octanol–water partition coefficient (Wildman–Crippen LogP) is 3.27. The van der Waals surface area contributed by atoms with E-state index in [0.717, 1.165) is 37.4 Å². The molecule has 0 radical (unpaired) electrons. The lowest BCUT2D eigenvalue weighted by Gasteiger charge is -2.34. The molecule has 134 valence electrons. The first-order chi connectivity index (χ1) is 12.9. The molecule has 5 nitrogen and oxygen atoms in total. The molecule has 1 aliphatic rings. The van der Waals surface area contributed by atoms with Gasteiger partial charge in [-0.25, -0.2) is 0 Å². The molecule has 4 rings (SSSR count). The van der Waals surface area contributed by atoms with Crippen molar-refractivity contribution in [3.8, 4) is 11.3 Å². The Hall–Kier alpha value is -2.66. The van der Waals surface area contributed by atoms with Crippen molar-refractivity contribution < 1.29 is 0 Å². The van der Waals surface area contributed by atoms with Crippen LogP contribution in [0.25, 0.3) is 11.3 Å². The molecule has 0 saturated carbocycles. The van der Waals surface area contributed by atoms with Crippen molar-refractivity contribution in [3.05, 3.63) is 66.6 Å². The van der Waals surface area contributed by atoms with Crippen LogP contribution in [0.1, 0.15) is 18.5 Å². The lowest BCUT2D eigenvalue weighted by atomic mass is 10.0. The van der Waals surface area contributed by atoms with Gasteiger partial charge in [0.15, 0.2) is 0 Å². The summed E-state index contributed by atoms with van der Waals surface area (Å²) in [5, 5.41) is 10.8. The molecule has 1 fully saturated rings. The molecule has 0 bridgehead atoms. The first-order valence-corrected chi connectivity index (χ1v) is 9.36. The normalized spacial score (nSPS) is 15.3. The highest BCUT2D eigenvalue weighted by Gasteiger charge is 2.19. The number of piperidine rings is 1. The zero-order valence-corrected chi connectivity index (χ0v) is 14.9. The molecule has 2 aromatic heterocycles. The third-order valence-electron chi connectivity index (χ3n) is 5.06. The predicted molar refractivity (Wildman–Crippen MR) is 105 cm³/mol. The summed E-state index contributed by atoms with van der Waals surface area (Å²) in [5.74, 6) is 0. The van der Waals surface area contributed by atoms with Crippen molar-refractivity contribution in [2.75, 3.05) is 24.5 Å². The molecular formula is C21H25N5. The standard InChI is InChI=1S/C21H25N5/c1-2-11-22-18(5-1)7-12-23-19-9-14-26(15-10-19)20-6-3-4-17(16-20)21-8-13-24-25-21/h1-6,8,11,13,16,19,23H,7,9-10,12,14-15H2,(H,24,25). The van der Waals surface area contributed by atoms with Crippen LogP contribution in [0.15, 0.2) is 60.9 Å². The summed E-state index contributed by atoms with van der Waals surface area (Å²) < 4.78 is 0. The summed E-state index contributed by atoms with van der Waals surface area (Å²) >= 11 is 0. The second kappa shape index (κ2) is 8.15. The number of nitrogens with zero attached hydrogens (tertiary/aromatic N) is 3. The Balaban J connectivity index is 1.28. The number of rotatable bonds is 6. The molecule has 0 amide bonds. The molecule has 3 heterocycles. The van der Waals surface area contributed by atoms with E-state index in [1.54, 1.807) is 6.20 Å². The van der Waals surface area contributed by atoms with E-state index in [4.69, 9.17) is 0 Å². The van der Waals surface area contributed by atoms with Crippen molar-refractivity contribution in [1.29, 1.82) is 0 Å².